The van der Waals surface area contributed by atoms with Gasteiger partial charge in [0.15, 0.2) is 0 Å². The van der Waals surface area contributed by atoms with Crippen molar-refractivity contribution in [3.8, 4) is 5.75 Å². The number of methoxy groups -OCH3 is 1. The van der Waals surface area contributed by atoms with Gasteiger partial charge in [-0.25, -0.2) is 8.42 Å². The largest absolute Gasteiger partial charge is 0.495 e. The summed E-state index contributed by atoms with van der Waals surface area (Å²) in [6.45, 7) is 5.75. The molecule has 0 unspecified atom stereocenters. The van der Waals surface area contributed by atoms with E-state index >= 15 is 0 Å². The Hall–Kier alpha value is -0.630. The first kappa shape index (κ1) is 16.7. The smallest absolute Gasteiger partial charge is 0.246 e. The number of rotatable bonds is 3. The lowest BCUT2D eigenvalue weighted by atomic mass is 10.0. The maximum atomic E-state index is 12.9. The fraction of sp³-hybridized carbons (Fsp3) is 0.571. The third-order valence-electron chi connectivity index (χ3n) is 4.02. The molecular weight excluding hydrogens is 356 g/mol. The van der Waals surface area contributed by atoms with E-state index in [2.05, 4.69) is 20.8 Å². The Labute approximate surface area is 135 Å². The van der Waals surface area contributed by atoms with Crippen LogP contribution in [0.15, 0.2) is 27.6 Å². The van der Waals surface area contributed by atoms with Gasteiger partial charge in [0.05, 0.1) is 7.11 Å². The Kier molecular flexibility index (Phi) is 4.68. The van der Waals surface area contributed by atoms with Gasteiger partial charge in [0.25, 0.3) is 0 Å². The summed E-state index contributed by atoms with van der Waals surface area (Å²) in [4.78, 5) is 2.39. The summed E-state index contributed by atoms with van der Waals surface area (Å²) in [5, 5.41) is 0. The highest BCUT2D eigenvalue weighted by atomic mass is 79.9. The van der Waals surface area contributed by atoms with Crippen LogP contribution in [0.25, 0.3) is 0 Å². The maximum absolute atomic E-state index is 12.9. The molecule has 1 aromatic carbocycles. The van der Waals surface area contributed by atoms with Crippen molar-refractivity contribution in [3.05, 3.63) is 22.7 Å². The molecule has 1 fully saturated rings. The maximum Gasteiger partial charge on any atom is 0.246 e. The Balaban J connectivity index is 2.41. The number of hydrogen-bond donors (Lipinski definition) is 0. The first-order valence-electron chi connectivity index (χ1n) is 6.73. The molecule has 1 heterocycles. The van der Waals surface area contributed by atoms with Crippen molar-refractivity contribution in [2.45, 2.75) is 24.3 Å². The number of ether oxygens (including phenoxy) is 1. The standard InChI is InChI=1S/C14H21BrN2O3S/c1-14(2)10-17(8-7-16(14)3)21(18,19)13-9-11(15)5-6-12(13)20-4/h5-6,9H,7-8,10H2,1-4H3. The van der Waals surface area contributed by atoms with Crippen molar-refractivity contribution in [2.24, 2.45) is 0 Å². The molecule has 0 bridgehead atoms. The molecule has 0 amide bonds. The van der Waals surface area contributed by atoms with E-state index < -0.39 is 10.0 Å². The molecule has 5 nitrogen and oxygen atoms in total. The van der Waals surface area contributed by atoms with E-state index in [9.17, 15) is 8.42 Å². The summed E-state index contributed by atoms with van der Waals surface area (Å²) >= 11 is 3.33. The lowest BCUT2D eigenvalue weighted by Crippen LogP contribution is -2.58. The quantitative estimate of drug-likeness (QED) is 0.810. The molecule has 0 atom stereocenters. The minimum absolute atomic E-state index is 0.190. The number of likely N-dealkylation sites (N-methyl/N-ethyl adjacent to an activating group) is 1. The van der Waals surface area contributed by atoms with Crippen LogP contribution < -0.4 is 4.74 Å². The summed E-state index contributed by atoms with van der Waals surface area (Å²) in [5.74, 6) is 0.370. The van der Waals surface area contributed by atoms with E-state index in [1.807, 2.05) is 20.9 Å². The molecule has 0 aliphatic carbocycles. The summed E-state index contributed by atoms with van der Waals surface area (Å²) in [6.07, 6.45) is 0. The molecule has 1 aromatic rings. The predicted molar refractivity (Wildman–Crippen MR) is 86.2 cm³/mol. The second kappa shape index (κ2) is 5.87. The number of piperazine rings is 1. The van der Waals surface area contributed by atoms with Crippen LogP contribution in [0, 0.1) is 0 Å². The predicted octanol–water partition coefficient (Wildman–Crippen LogP) is 2.17. The van der Waals surface area contributed by atoms with Gasteiger partial charge in [0.2, 0.25) is 10.0 Å². The van der Waals surface area contributed by atoms with Crippen molar-refractivity contribution in [2.75, 3.05) is 33.8 Å². The van der Waals surface area contributed by atoms with Crippen molar-refractivity contribution >= 4 is 26.0 Å². The summed E-state index contributed by atoms with van der Waals surface area (Å²) < 4.78 is 33.3. The molecule has 21 heavy (non-hydrogen) atoms. The van der Waals surface area contributed by atoms with E-state index in [1.165, 1.54) is 11.4 Å². The zero-order chi connectivity index (χ0) is 15.8. The minimum Gasteiger partial charge on any atom is -0.495 e. The summed E-state index contributed by atoms with van der Waals surface area (Å²) in [6, 6.07) is 5.03. The summed E-state index contributed by atoms with van der Waals surface area (Å²) in [5.41, 5.74) is -0.190. The molecule has 7 heteroatoms. The van der Waals surface area contributed by atoms with Gasteiger partial charge in [0, 0.05) is 29.6 Å². The molecule has 0 radical (unpaired) electrons. The van der Waals surface area contributed by atoms with Crippen LogP contribution in [0.1, 0.15) is 13.8 Å². The highest BCUT2D eigenvalue weighted by Crippen LogP contribution is 2.32. The molecular formula is C14H21BrN2O3S. The minimum atomic E-state index is -3.57. The molecule has 0 spiro atoms. The van der Waals surface area contributed by atoms with E-state index in [0.29, 0.717) is 25.4 Å². The van der Waals surface area contributed by atoms with Crippen LogP contribution in [0.5, 0.6) is 5.75 Å². The normalized spacial score (nSPS) is 20.4. The SMILES string of the molecule is COc1ccc(Br)cc1S(=O)(=O)N1CCN(C)C(C)(C)C1. The Morgan fingerprint density at radius 3 is 2.52 bits per heavy atom. The number of benzene rings is 1. The third kappa shape index (κ3) is 3.26. The number of sulfonamides is 1. The molecule has 2 rings (SSSR count). The average molecular weight is 377 g/mol. The fourth-order valence-electron chi connectivity index (χ4n) is 2.39. The third-order valence-corrected chi connectivity index (χ3v) is 6.38. The Morgan fingerprint density at radius 1 is 1.29 bits per heavy atom. The van der Waals surface area contributed by atoms with Gasteiger partial charge in [-0.2, -0.15) is 4.31 Å². The van der Waals surface area contributed by atoms with Crippen molar-refractivity contribution in [1.82, 2.24) is 9.21 Å². The first-order chi connectivity index (χ1) is 9.68. The van der Waals surface area contributed by atoms with Crippen molar-refractivity contribution in [3.63, 3.8) is 0 Å². The lowest BCUT2D eigenvalue weighted by Gasteiger charge is -2.44. The summed E-state index contributed by atoms with van der Waals surface area (Å²) in [7, 11) is -0.0703. The molecule has 0 N–H and O–H groups in total. The Bertz CT molecular complexity index is 631. The van der Waals surface area contributed by atoms with Crippen LogP contribution in [-0.2, 0) is 10.0 Å². The van der Waals surface area contributed by atoms with Gasteiger partial charge in [-0.15, -0.1) is 0 Å². The topological polar surface area (TPSA) is 49.9 Å². The lowest BCUT2D eigenvalue weighted by molar-refractivity contribution is 0.0801. The second-order valence-electron chi connectivity index (χ2n) is 5.87. The van der Waals surface area contributed by atoms with Crippen LogP contribution in [0.3, 0.4) is 0 Å². The molecule has 1 aliphatic heterocycles. The zero-order valence-electron chi connectivity index (χ0n) is 12.8. The van der Waals surface area contributed by atoms with Crippen molar-refractivity contribution < 1.29 is 13.2 Å². The van der Waals surface area contributed by atoms with E-state index in [-0.39, 0.29) is 10.4 Å². The molecule has 1 aliphatic rings. The second-order valence-corrected chi connectivity index (χ2v) is 8.69. The Morgan fingerprint density at radius 2 is 1.95 bits per heavy atom. The highest BCUT2D eigenvalue weighted by molar-refractivity contribution is 9.10. The zero-order valence-corrected chi connectivity index (χ0v) is 15.2. The van der Waals surface area contributed by atoms with Gasteiger partial charge in [-0.3, -0.25) is 4.90 Å². The van der Waals surface area contributed by atoms with Gasteiger partial charge < -0.3 is 4.74 Å². The molecule has 118 valence electrons. The van der Waals surface area contributed by atoms with Crippen LogP contribution in [0.2, 0.25) is 0 Å². The first-order valence-corrected chi connectivity index (χ1v) is 8.97. The molecule has 0 aromatic heterocycles. The van der Waals surface area contributed by atoms with Gasteiger partial charge in [0.1, 0.15) is 10.6 Å². The number of nitrogens with zero attached hydrogens (tertiary/aromatic N) is 2. The van der Waals surface area contributed by atoms with E-state index in [4.69, 9.17) is 4.74 Å². The number of hydrogen-bond acceptors (Lipinski definition) is 4. The fourth-order valence-corrected chi connectivity index (χ4v) is 4.67. The van der Waals surface area contributed by atoms with Crippen molar-refractivity contribution in [1.29, 1.82) is 0 Å². The van der Waals surface area contributed by atoms with E-state index in [1.54, 1.807) is 18.2 Å². The van der Waals surface area contributed by atoms with Gasteiger partial charge >= 0.3 is 0 Å². The number of halogens is 1. The van der Waals surface area contributed by atoms with E-state index in [0.717, 1.165) is 4.47 Å². The van der Waals surface area contributed by atoms with Crippen LogP contribution >= 0.6 is 15.9 Å². The highest BCUT2D eigenvalue weighted by Gasteiger charge is 2.38. The van der Waals surface area contributed by atoms with Gasteiger partial charge in [-0.05, 0) is 39.1 Å². The monoisotopic (exact) mass is 376 g/mol. The molecule has 0 saturated carbocycles. The van der Waals surface area contributed by atoms with Crippen LogP contribution in [-0.4, -0.2) is 57.0 Å². The van der Waals surface area contributed by atoms with Gasteiger partial charge in [-0.1, -0.05) is 15.9 Å². The average Bonchev–Trinajstić information content (AvgIpc) is 2.41. The van der Waals surface area contributed by atoms with Crippen LogP contribution in [0.4, 0.5) is 0 Å². The molecule has 1 saturated heterocycles.